The minimum absolute atomic E-state index is 0.0337. The van der Waals surface area contributed by atoms with E-state index in [9.17, 15) is 4.79 Å². The summed E-state index contributed by atoms with van der Waals surface area (Å²) >= 11 is 5.99. The van der Waals surface area contributed by atoms with Gasteiger partial charge in [0.25, 0.3) is 0 Å². The summed E-state index contributed by atoms with van der Waals surface area (Å²) in [5.41, 5.74) is 6.78. The third-order valence-corrected chi connectivity index (χ3v) is 3.13. The zero-order chi connectivity index (χ0) is 13.5. The van der Waals surface area contributed by atoms with E-state index in [-0.39, 0.29) is 5.91 Å². The van der Waals surface area contributed by atoms with Crippen LogP contribution >= 0.6 is 11.6 Å². The van der Waals surface area contributed by atoms with Crippen molar-refractivity contribution in [3.8, 4) is 0 Å². The number of halogens is 1. The summed E-state index contributed by atoms with van der Waals surface area (Å²) in [6.45, 7) is 6.82. The van der Waals surface area contributed by atoms with Gasteiger partial charge in [-0.15, -0.1) is 0 Å². The maximum Gasteiger partial charge on any atom is 0.225 e. The summed E-state index contributed by atoms with van der Waals surface area (Å²) in [6.07, 6.45) is 0.461. The fourth-order valence-corrected chi connectivity index (χ4v) is 1.88. The molecule has 1 amide bonds. The fourth-order valence-electron chi connectivity index (χ4n) is 1.64. The molecular formula is C13H20ClN3O. The monoisotopic (exact) mass is 269 g/mol. The van der Waals surface area contributed by atoms with Crippen LogP contribution in [0.3, 0.4) is 0 Å². The van der Waals surface area contributed by atoms with Gasteiger partial charge in [-0.1, -0.05) is 25.4 Å². The van der Waals surface area contributed by atoms with Crippen molar-refractivity contribution < 1.29 is 4.79 Å². The Kier molecular flexibility index (Phi) is 5.95. The molecule has 0 spiro atoms. The zero-order valence-corrected chi connectivity index (χ0v) is 11.6. The average Bonchev–Trinajstić information content (AvgIpc) is 2.34. The predicted molar refractivity (Wildman–Crippen MR) is 76.9 cm³/mol. The Morgan fingerprint density at radius 1 is 1.39 bits per heavy atom. The molecule has 0 bridgehead atoms. The van der Waals surface area contributed by atoms with Crippen molar-refractivity contribution in [2.45, 2.75) is 20.3 Å². The van der Waals surface area contributed by atoms with Crippen molar-refractivity contribution in [2.24, 2.45) is 0 Å². The van der Waals surface area contributed by atoms with E-state index < -0.39 is 0 Å². The average molecular weight is 270 g/mol. The Bertz CT molecular complexity index is 405. The molecule has 0 radical (unpaired) electrons. The van der Waals surface area contributed by atoms with Gasteiger partial charge in [-0.3, -0.25) is 4.79 Å². The van der Waals surface area contributed by atoms with E-state index in [2.05, 4.69) is 24.1 Å². The second kappa shape index (κ2) is 7.24. The van der Waals surface area contributed by atoms with Gasteiger partial charge in [0.15, 0.2) is 0 Å². The van der Waals surface area contributed by atoms with Gasteiger partial charge < -0.3 is 16.0 Å². The van der Waals surface area contributed by atoms with Crippen molar-refractivity contribution in [2.75, 3.05) is 30.7 Å². The van der Waals surface area contributed by atoms with Crippen LogP contribution in [0.15, 0.2) is 18.2 Å². The van der Waals surface area contributed by atoms with Gasteiger partial charge in [0.2, 0.25) is 5.91 Å². The first-order valence-electron chi connectivity index (χ1n) is 6.14. The van der Waals surface area contributed by atoms with Crippen LogP contribution in [0.4, 0.5) is 11.4 Å². The minimum Gasteiger partial charge on any atom is -0.399 e. The fraction of sp³-hybridized carbons (Fsp3) is 0.462. The van der Waals surface area contributed by atoms with Crippen LogP contribution in [-0.4, -0.2) is 30.4 Å². The summed E-state index contributed by atoms with van der Waals surface area (Å²) in [7, 11) is 0. The highest BCUT2D eigenvalue weighted by Gasteiger charge is 2.08. The van der Waals surface area contributed by atoms with Gasteiger partial charge in [0.1, 0.15) is 0 Å². The maximum atomic E-state index is 11.8. The first-order chi connectivity index (χ1) is 8.56. The van der Waals surface area contributed by atoms with Crippen molar-refractivity contribution >= 4 is 28.9 Å². The third kappa shape index (κ3) is 4.55. The molecule has 0 aliphatic rings. The number of nitrogens with one attached hydrogen (secondary N) is 1. The number of anilines is 2. The van der Waals surface area contributed by atoms with Crippen LogP contribution in [0.5, 0.6) is 0 Å². The molecule has 0 atom stereocenters. The SMILES string of the molecule is CCN(CC)CCC(=O)Nc1ccc(N)cc1Cl. The van der Waals surface area contributed by atoms with Gasteiger partial charge in [-0.25, -0.2) is 0 Å². The molecule has 0 aliphatic heterocycles. The molecule has 1 aromatic carbocycles. The Hall–Kier alpha value is -1.26. The number of nitrogen functional groups attached to an aromatic ring is 1. The lowest BCUT2D eigenvalue weighted by molar-refractivity contribution is -0.116. The Morgan fingerprint density at radius 2 is 2.06 bits per heavy atom. The molecule has 0 aliphatic carbocycles. The van der Waals surface area contributed by atoms with Gasteiger partial charge in [0, 0.05) is 18.7 Å². The van der Waals surface area contributed by atoms with Crippen LogP contribution in [-0.2, 0) is 4.79 Å². The van der Waals surface area contributed by atoms with E-state index in [1.54, 1.807) is 18.2 Å². The molecule has 0 aromatic heterocycles. The molecule has 3 N–H and O–H groups in total. The van der Waals surface area contributed by atoms with E-state index in [4.69, 9.17) is 17.3 Å². The zero-order valence-electron chi connectivity index (χ0n) is 10.9. The molecule has 1 aromatic rings. The smallest absolute Gasteiger partial charge is 0.225 e. The Morgan fingerprint density at radius 3 is 2.61 bits per heavy atom. The summed E-state index contributed by atoms with van der Waals surface area (Å²) in [5.74, 6) is -0.0337. The van der Waals surface area contributed by atoms with E-state index in [0.29, 0.717) is 22.8 Å². The number of hydrogen-bond donors (Lipinski definition) is 2. The third-order valence-electron chi connectivity index (χ3n) is 2.82. The number of carbonyl (C=O) groups is 1. The molecule has 0 fully saturated rings. The van der Waals surface area contributed by atoms with Gasteiger partial charge in [0.05, 0.1) is 10.7 Å². The van der Waals surface area contributed by atoms with Crippen LogP contribution < -0.4 is 11.1 Å². The number of nitrogens with zero attached hydrogens (tertiary/aromatic N) is 1. The van der Waals surface area contributed by atoms with Crippen molar-refractivity contribution in [3.05, 3.63) is 23.2 Å². The van der Waals surface area contributed by atoms with E-state index in [0.717, 1.165) is 19.6 Å². The molecule has 0 saturated heterocycles. The summed E-state index contributed by atoms with van der Waals surface area (Å²) < 4.78 is 0. The standard InChI is InChI=1S/C13H20ClN3O/c1-3-17(4-2)8-7-13(18)16-12-6-5-10(15)9-11(12)14/h5-6,9H,3-4,7-8,15H2,1-2H3,(H,16,18). The highest BCUT2D eigenvalue weighted by molar-refractivity contribution is 6.34. The van der Waals surface area contributed by atoms with Gasteiger partial charge in [-0.2, -0.15) is 0 Å². The second-order valence-corrected chi connectivity index (χ2v) is 4.47. The van der Waals surface area contributed by atoms with E-state index in [1.165, 1.54) is 0 Å². The van der Waals surface area contributed by atoms with Crippen molar-refractivity contribution in [1.29, 1.82) is 0 Å². The molecule has 5 heteroatoms. The van der Waals surface area contributed by atoms with Gasteiger partial charge >= 0.3 is 0 Å². The predicted octanol–water partition coefficient (Wildman–Crippen LogP) is 2.59. The topological polar surface area (TPSA) is 58.4 Å². The highest BCUT2D eigenvalue weighted by Crippen LogP contribution is 2.24. The van der Waals surface area contributed by atoms with E-state index in [1.807, 2.05) is 0 Å². The number of carbonyl (C=O) groups excluding carboxylic acids is 1. The summed E-state index contributed by atoms with van der Waals surface area (Å²) in [5, 5.41) is 3.25. The number of rotatable bonds is 6. The van der Waals surface area contributed by atoms with Crippen molar-refractivity contribution in [3.63, 3.8) is 0 Å². The quantitative estimate of drug-likeness (QED) is 0.781. The molecule has 1 rings (SSSR count). The van der Waals surface area contributed by atoms with Crippen LogP contribution in [0.2, 0.25) is 5.02 Å². The molecule has 100 valence electrons. The molecule has 18 heavy (non-hydrogen) atoms. The van der Waals surface area contributed by atoms with Crippen molar-refractivity contribution in [1.82, 2.24) is 4.90 Å². The number of hydrogen-bond acceptors (Lipinski definition) is 3. The first kappa shape index (κ1) is 14.8. The van der Waals surface area contributed by atoms with E-state index >= 15 is 0 Å². The molecule has 0 heterocycles. The van der Waals surface area contributed by atoms with Crippen LogP contribution in [0.25, 0.3) is 0 Å². The Labute approximate surface area is 113 Å². The van der Waals surface area contributed by atoms with Crippen LogP contribution in [0.1, 0.15) is 20.3 Å². The van der Waals surface area contributed by atoms with Gasteiger partial charge in [-0.05, 0) is 31.3 Å². The number of nitrogens with two attached hydrogens (primary N) is 1. The summed E-state index contributed by atoms with van der Waals surface area (Å²) in [6, 6.07) is 5.06. The second-order valence-electron chi connectivity index (χ2n) is 4.06. The number of benzene rings is 1. The largest absolute Gasteiger partial charge is 0.399 e. The highest BCUT2D eigenvalue weighted by atomic mass is 35.5. The molecule has 0 unspecified atom stereocenters. The summed E-state index contributed by atoms with van der Waals surface area (Å²) in [4.78, 5) is 14.0. The number of amides is 1. The Balaban J connectivity index is 2.49. The maximum absolute atomic E-state index is 11.8. The molecular weight excluding hydrogens is 250 g/mol. The lowest BCUT2D eigenvalue weighted by atomic mass is 10.2. The first-order valence-corrected chi connectivity index (χ1v) is 6.51. The lowest BCUT2D eigenvalue weighted by Crippen LogP contribution is -2.27. The lowest BCUT2D eigenvalue weighted by Gasteiger charge is -2.17. The normalized spacial score (nSPS) is 10.7. The molecule has 4 nitrogen and oxygen atoms in total. The van der Waals surface area contributed by atoms with Crippen LogP contribution in [0, 0.1) is 0 Å². The molecule has 0 saturated carbocycles. The minimum atomic E-state index is -0.0337.